The van der Waals surface area contributed by atoms with Gasteiger partial charge in [-0.15, -0.1) is 0 Å². The summed E-state index contributed by atoms with van der Waals surface area (Å²) in [5, 5.41) is 0. The van der Waals surface area contributed by atoms with Crippen LogP contribution in [0.15, 0.2) is 35.9 Å². The molecule has 0 aromatic heterocycles. The van der Waals surface area contributed by atoms with Crippen molar-refractivity contribution in [2.75, 3.05) is 24.5 Å². The molecule has 1 aromatic carbocycles. The Morgan fingerprint density at radius 1 is 1.16 bits per heavy atom. The van der Waals surface area contributed by atoms with Gasteiger partial charge in [0, 0.05) is 31.4 Å². The van der Waals surface area contributed by atoms with Crippen LogP contribution in [0.2, 0.25) is 0 Å². The van der Waals surface area contributed by atoms with Crippen molar-refractivity contribution in [1.82, 2.24) is 4.90 Å². The van der Waals surface area contributed by atoms with Gasteiger partial charge in [-0.25, -0.2) is 0 Å². The average Bonchev–Trinajstić information content (AvgIpc) is 2.72. The molecular formula is C28H47N3O. The Balaban J connectivity index is 2.05. The topological polar surface area (TPSA) is 49.6 Å². The maximum atomic E-state index is 12.7. The van der Waals surface area contributed by atoms with Gasteiger partial charge in [-0.05, 0) is 75.0 Å². The molecule has 1 amide bonds. The van der Waals surface area contributed by atoms with Gasteiger partial charge in [-0.1, -0.05) is 58.4 Å². The molecule has 1 saturated heterocycles. The third-order valence-electron chi connectivity index (χ3n) is 6.39. The quantitative estimate of drug-likeness (QED) is 0.493. The molecule has 1 heterocycles. The second kappa shape index (κ2) is 11.9. The number of nitrogens with zero attached hydrogens (tertiary/aromatic N) is 2. The van der Waals surface area contributed by atoms with Crippen molar-refractivity contribution in [3.8, 4) is 0 Å². The zero-order chi connectivity index (χ0) is 23.9. The van der Waals surface area contributed by atoms with E-state index in [0.29, 0.717) is 17.4 Å². The largest absolute Gasteiger partial charge is 0.365 e. The number of rotatable bonds is 9. The molecule has 2 N–H and O–H groups in total. The van der Waals surface area contributed by atoms with E-state index in [1.807, 2.05) is 4.90 Å². The van der Waals surface area contributed by atoms with Crippen LogP contribution in [0.1, 0.15) is 79.7 Å². The smallest absolute Gasteiger partial charge is 0.239 e. The SMILES string of the molecule is CC(C)=CCN(c1ccc(CCC(C)(C)C)cc1)C1CCN(C(=O)C(N)CC(C)C)CC1. The van der Waals surface area contributed by atoms with E-state index in [1.54, 1.807) is 0 Å². The van der Waals surface area contributed by atoms with Gasteiger partial charge in [0.2, 0.25) is 5.91 Å². The highest BCUT2D eigenvalue weighted by atomic mass is 16.2. The summed E-state index contributed by atoms with van der Waals surface area (Å²) in [6.07, 6.45) is 7.36. The summed E-state index contributed by atoms with van der Waals surface area (Å²) >= 11 is 0. The fourth-order valence-electron chi connectivity index (χ4n) is 4.36. The van der Waals surface area contributed by atoms with Crippen LogP contribution in [0, 0.1) is 11.3 Å². The number of hydrogen-bond acceptors (Lipinski definition) is 3. The predicted octanol–water partition coefficient (Wildman–Crippen LogP) is 5.80. The third-order valence-corrected chi connectivity index (χ3v) is 6.39. The van der Waals surface area contributed by atoms with Crippen LogP contribution in [0.25, 0.3) is 0 Å². The molecule has 0 saturated carbocycles. The summed E-state index contributed by atoms with van der Waals surface area (Å²) in [6.45, 7) is 18.0. The van der Waals surface area contributed by atoms with Crippen molar-refractivity contribution >= 4 is 11.6 Å². The van der Waals surface area contributed by atoms with Gasteiger partial charge >= 0.3 is 0 Å². The molecule has 32 heavy (non-hydrogen) atoms. The van der Waals surface area contributed by atoms with Gasteiger partial charge in [-0.2, -0.15) is 0 Å². The summed E-state index contributed by atoms with van der Waals surface area (Å²) in [5.74, 6) is 0.564. The minimum absolute atomic E-state index is 0.121. The molecule has 1 atom stereocenters. The molecule has 4 heteroatoms. The van der Waals surface area contributed by atoms with E-state index in [1.165, 1.54) is 23.2 Å². The molecule has 1 aliphatic rings. The maximum Gasteiger partial charge on any atom is 0.239 e. The van der Waals surface area contributed by atoms with Gasteiger partial charge in [0.15, 0.2) is 0 Å². The second-order valence-electron chi connectivity index (χ2n) is 11.5. The van der Waals surface area contributed by atoms with Gasteiger partial charge in [0.25, 0.3) is 0 Å². The molecule has 1 aromatic rings. The highest BCUT2D eigenvalue weighted by molar-refractivity contribution is 5.81. The Hall–Kier alpha value is -1.81. The first-order valence-electron chi connectivity index (χ1n) is 12.5. The van der Waals surface area contributed by atoms with Crippen LogP contribution in [0.4, 0.5) is 5.69 Å². The van der Waals surface area contributed by atoms with E-state index in [0.717, 1.165) is 45.3 Å². The van der Waals surface area contributed by atoms with Crippen molar-refractivity contribution < 1.29 is 4.79 Å². The van der Waals surface area contributed by atoms with Crippen LogP contribution in [-0.2, 0) is 11.2 Å². The fourth-order valence-corrected chi connectivity index (χ4v) is 4.36. The van der Waals surface area contributed by atoms with Crippen LogP contribution in [-0.4, -0.2) is 42.5 Å². The Bertz CT molecular complexity index is 733. The van der Waals surface area contributed by atoms with Crippen molar-refractivity contribution in [3.05, 3.63) is 41.5 Å². The van der Waals surface area contributed by atoms with Gasteiger partial charge in [0.1, 0.15) is 0 Å². The Morgan fingerprint density at radius 3 is 2.25 bits per heavy atom. The van der Waals surface area contributed by atoms with Crippen molar-refractivity contribution in [1.29, 1.82) is 0 Å². The van der Waals surface area contributed by atoms with Crippen LogP contribution < -0.4 is 10.6 Å². The maximum absolute atomic E-state index is 12.7. The van der Waals surface area contributed by atoms with E-state index in [9.17, 15) is 4.79 Å². The van der Waals surface area contributed by atoms with Crippen LogP contribution in [0.3, 0.4) is 0 Å². The molecule has 4 nitrogen and oxygen atoms in total. The number of carbonyl (C=O) groups is 1. The minimum Gasteiger partial charge on any atom is -0.365 e. The summed E-state index contributed by atoms with van der Waals surface area (Å²) < 4.78 is 0. The zero-order valence-corrected chi connectivity index (χ0v) is 21.7. The first kappa shape index (κ1) is 26.4. The summed E-state index contributed by atoms with van der Waals surface area (Å²) in [4.78, 5) is 17.3. The monoisotopic (exact) mass is 441 g/mol. The number of likely N-dealkylation sites (tertiary alicyclic amines) is 1. The van der Waals surface area contributed by atoms with E-state index in [4.69, 9.17) is 5.73 Å². The lowest BCUT2D eigenvalue weighted by Gasteiger charge is -2.40. The first-order chi connectivity index (χ1) is 15.0. The fraction of sp³-hybridized carbons (Fsp3) is 0.679. The third kappa shape index (κ3) is 8.61. The standard InChI is InChI=1S/C28H47N3O/c1-21(2)13-19-31(24-10-8-23(9-11-24)12-16-28(5,6)7)25-14-17-30(18-15-25)27(32)26(29)20-22(3)4/h8-11,13,22,25-26H,12,14-20,29H2,1-7H3. The number of benzene rings is 1. The molecule has 1 aliphatic heterocycles. The van der Waals surface area contributed by atoms with Gasteiger partial charge < -0.3 is 15.5 Å². The summed E-state index contributed by atoms with van der Waals surface area (Å²) in [7, 11) is 0. The minimum atomic E-state index is -0.367. The highest BCUT2D eigenvalue weighted by Crippen LogP contribution is 2.27. The molecule has 0 spiro atoms. The Labute approximate surface area is 197 Å². The highest BCUT2D eigenvalue weighted by Gasteiger charge is 2.29. The van der Waals surface area contributed by atoms with Gasteiger partial charge in [-0.3, -0.25) is 4.79 Å². The van der Waals surface area contributed by atoms with Crippen molar-refractivity contribution in [2.45, 2.75) is 92.7 Å². The van der Waals surface area contributed by atoms with E-state index >= 15 is 0 Å². The average molecular weight is 442 g/mol. The number of carbonyl (C=O) groups excluding carboxylic acids is 1. The predicted molar refractivity (Wildman–Crippen MR) is 138 cm³/mol. The lowest BCUT2D eigenvalue weighted by molar-refractivity contribution is -0.134. The molecule has 1 fully saturated rings. The summed E-state index contributed by atoms with van der Waals surface area (Å²) in [5.41, 5.74) is 10.6. The van der Waals surface area contributed by atoms with E-state index in [2.05, 4.69) is 83.7 Å². The molecule has 0 bridgehead atoms. The van der Waals surface area contributed by atoms with Crippen LogP contribution >= 0.6 is 0 Å². The van der Waals surface area contributed by atoms with Crippen molar-refractivity contribution in [2.24, 2.45) is 17.1 Å². The Morgan fingerprint density at radius 2 is 1.75 bits per heavy atom. The molecule has 2 rings (SSSR count). The van der Waals surface area contributed by atoms with Gasteiger partial charge in [0.05, 0.1) is 6.04 Å². The Kier molecular flexibility index (Phi) is 9.82. The number of aryl methyl sites for hydroxylation is 1. The van der Waals surface area contributed by atoms with E-state index < -0.39 is 0 Å². The van der Waals surface area contributed by atoms with Crippen molar-refractivity contribution in [3.63, 3.8) is 0 Å². The number of allylic oxidation sites excluding steroid dienone is 1. The van der Waals surface area contributed by atoms with E-state index in [-0.39, 0.29) is 11.9 Å². The zero-order valence-electron chi connectivity index (χ0n) is 21.7. The lowest BCUT2D eigenvalue weighted by atomic mass is 9.88. The molecule has 0 radical (unpaired) electrons. The lowest BCUT2D eigenvalue weighted by Crippen LogP contribution is -2.51. The molecule has 1 unspecified atom stereocenters. The second-order valence-corrected chi connectivity index (χ2v) is 11.5. The number of hydrogen-bond donors (Lipinski definition) is 1. The van der Waals surface area contributed by atoms with Crippen LogP contribution in [0.5, 0.6) is 0 Å². The molecular weight excluding hydrogens is 394 g/mol. The number of anilines is 1. The number of piperidine rings is 1. The molecule has 0 aliphatic carbocycles. The normalized spacial score (nSPS) is 16.2. The number of nitrogens with two attached hydrogens (primary N) is 1. The summed E-state index contributed by atoms with van der Waals surface area (Å²) in [6, 6.07) is 9.23. The molecule has 180 valence electrons. The first-order valence-corrected chi connectivity index (χ1v) is 12.5. The number of amides is 1.